The molecule has 3 unspecified atom stereocenters. The van der Waals surface area contributed by atoms with Crippen molar-refractivity contribution in [1.82, 2.24) is 4.90 Å². The van der Waals surface area contributed by atoms with E-state index in [4.69, 9.17) is 0 Å². The van der Waals surface area contributed by atoms with Gasteiger partial charge in [0, 0.05) is 16.2 Å². The Hall–Kier alpha value is -0.580. The van der Waals surface area contributed by atoms with Crippen molar-refractivity contribution in [3.8, 4) is 0 Å². The molecule has 0 spiro atoms. The quantitative estimate of drug-likeness (QED) is 0.681. The minimum Gasteiger partial charge on any atom is -0.335 e. The number of hydrogen-bond donors (Lipinski definition) is 0. The third-order valence-electron chi connectivity index (χ3n) is 4.28. The molecule has 3 heteroatoms. The van der Waals surface area contributed by atoms with E-state index in [0.717, 1.165) is 15.7 Å². The highest BCUT2D eigenvalue weighted by Gasteiger charge is 2.32. The van der Waals surface area contributed by atoms with Gasteiger partial charge >= 0.3 is 0 Å². The fraction of sp³-hybridized carbons (Fsp3) is 0.562. The highest BCUT2D eigenvalue weighted by atomic mass is 127. The molecular formula is C16H22INO. The Labute approximate surface area is 129 Å². The Kier molecular flexibility index (Phi) is 4.54. The number of carbonyl (C=O) groups is 1. The lowest BCUT2D eigenvalue weighted by Crippen LogP contribution is -2.49. The third kappa shape index (κ3) is 2.96. The Morgan fingerprint density at radius 2 is 2.00 bits per heavy atom. The molecule has 2 rings (SSSR count). The Balaban J connectivity index is 2.30. The van der Waals surface area contributed by atoms with Gasteiger partial charge in [-0.2, -0.15) is 0 Å². The van der Waals surface area contributed by atoms with Crippen molar-refractivity contribution >= 4 is 28.5 Å². The number of aryl methyl sites for hydroxylation is 1. The summed E-state index contributed by atoms with van der Waals surface area (Å²) in [5.41, 5.74) is 2.03. The number of amides is 1. The van der Waals surface area contributed by atoms with Crippen LogP contribution in [0.5, 0.6) is 0 Å². The predicted molar refractivity (Wildman–Crippen MR) is 87.3 cm³/mol. The van der Waals surface area contributed by atoms with Crippen LogP contribution in [0.15, 0.2) is 18.2 Å². The maximum absolute atomic E-state index is 12.8. The third-order valence-corrected chi connectivity index (χ3v) is 5.71. The average molecular weight is 371 g/mol. The van der Waals surface area contributed by atoms with E-state index in [0.29, 0.717) is 17.9 Å². The van der Waals surface area contributed by atoms with Crippen LogP contribution in [-0.4, -0.2) is 23.4 Å². The second kappa shape index (κ2) is 5.81. The number of benzene rings is 1. The monoisotopic (exact) mass is 371 g/mol. The molecule has 1 heterocycles. The van der Waals surface area contributed by atoms with Crippen LogP contribution in [0.1, 0.15) is 43.1 Å². The van der Waals surface area contributed by atoms with Gasteiger partial charge in [0.05, 0.1) is 5.56 Å². The summed E-state index contributed by atoms with van der Waals surface area (Å²) >= 11 is 2.29. The lowest BCUT2D eigenvalue weighted by atomic mass is 9.85. The van der Waals surface area contributed by atoms with Gasteiger partial charge in [-0.1, -0.05) is 26.0 Å². The second-order valence-corrected chi connectivity index (χ2v) is 7.03. The normalized spacial score (nSPS) is 27.4. The van der Waals surface area contributed by atoms with E-state index in [1.807, 2.05) is 12.1 Å². The van der Waals surface area contributed by atoms with Gasteiger partial charge in [0.25, 0.3) is 5.91 Å². The molecule has 1 aromatic rings. The molecule has 19 heavy (non-hydrogen) atoms. The van der Waals surface area contributed by atoms with Crippen LogP contribution in [0.25, 0.3) is 0 Å². The molecule has 1 amide bonds. The molecule has 0 aliphatic carbocycles. The molecule has 1 aliphatic rings. The summed E-state index contributed by atoms with van der Waals surface area (Å²) in [5, 5.41) is 0. The zero-order chi connectivity index (χ0) is 14.2. The van der Waals surface area contributed by atoms with Gasteiger partial charge < -0.3 is 4.90 Å². The lowest BCUT2D eigenvalue weighted by Gasteiger charge is -2.41. The maximum atomic E-state index is 12.8. The number of halogens is 1. The predicted octanol–water partition coefficient (Wildman–Crippen LogP) is 4.11. The van der Waals surface area contributed by atoms with Crippen molar-refractivity contribution in [3.63, 3.8) is 0 Å². The number of nitrogens with zero attached hydrogens (tertiary/aromatic N) is 1. The Morgan fingerprint density at radius 3 is 2.68 bits per heavy atom. The molecule has 1 saturated heterocycles. The number of likely N-dealkylation sites (tertiary alicyclic amines) is 1. The van der Waals surface area contributed by atoms with Crippen molar-refractivity contribution in [3.05, 3.63) is 32.9 Å². The summed E-state index contributed by atoms with van der Waals surface area (Å²) in [5.74, 6) is 1.37. The van der Waals surface area contributed by atoms with Crippen LogP contribution < -0.4 is 0 Å². The number of carbonyl (C=O) groups excluding carboxylic acids is 1. The molecule has 1 fully saturated rings. The maximum Gasteiger partial charge on any atom is 0.255 e. The Bertz CT molecular complexity index is 486. The standard InChI is InChI=1S/C16H22INO/c1-10-8-12(3)13(4)18(9-10)16(19)14-7-5-6-11(2)15(14)17/h5-7,10,12-13H,8-9H2,1-4H3. The molecular weight excluding hydrogens is 349 g/mol. The number of hydrogen-bond acceptors (Lipinski definition) is 1. The summed E-state index contributed by atoms with van der Waals surface area (Å²) < 4.78 is 1.09. The van der Waals surface area contributed by atoms with E-state index in [1.165, 1.54) is 12.0 Å². The fourth-order valence-corrected chi connectivity index (χ4v) is 3.54. The molecule has 1 aromatic carbocycles. The minimum atomic E-state index is 0.194. The highest BCUT2D eigenvalue weighted by Crippen LogP contribution is 2.29. The largest absolute Gasteiger partial charge is 0.335 e. The van der Waals surface area contributed by atoms with E-state index in [2.05, 4.69) is 61.3 Å². The Morgan fingerprint density at radius 1 is 1.32 bits per heavy atom. The van der Waals surface area contributed by atoms with Gasteiger partial charge in [-0.05, 0) is 66.3 Å². The van der Waals surface area contributed by atoms with Crippen molar-refractivity contribution in [2.24, 2.45) is 11.8 Å². The first kappa shape index (κ1) is 14.8. The van der Waals surface area contributed by atoms with E-state index < -0.39 is 0 Å². The van der Waals surface area contributed by atoms with Gasteiger partial charge in [0.15, 0.2) is 0 Å². The fourth-order valence-electron chi connectivity index (χ4n) is 2.95. The average Bonchev–Trinajstić information content (AvgIpc) is 2.36. The van der Waals surface area contributed by atoms with Crippen LogP contribution in [0.4, 0.5) is 0 Å². The topological polar surface area (TPSA) is 20.3 Å². The molecule has 1 aliphatic heterocycles. The second-order valence-electron chi connectivity index (χ2n) is 5.95. The molecule has 104 valence electrons. The van der Waals surface area contributed by atoms with E-state index in [-0.39, 0.29) is 5.91 Å². The smallest absolute Gasteiger partial charge is 0.255 e. The van der Waals surface area contributed by atoms with Crippen LogP contribution in [0.2, 0.25) is 0 Å². The zero-order valence-electron chi connectivity index (χ0n) is 12.1. The molecule has 0 bridgehead atoms. The van der Waals surface area contributed by atoms with Gasteiger partial charge in [0.1, 0.15) is 0 Å². The van der Waals surface area contributed by atoms with Crippen LogP contribution in [0.3, 0.4) is 0 Å². The number of rotatable bonds is 1. The molecule has 0 saturated carbocycles. The lowest BCUT2D eigenvalue weighted by molar-refractivity contribution is 0.0454. The van der Waals surface area contributed by atoms with E-state index >= 15 is 0 Å². The summed E-state index contributed by atoms with van der Waals surface area (Å²) in [6, 6.07) is 6.32. The van der Waals surface area contributed by atoms with Crippen molar-refractivity contribution in [1.29, 1.82) is 0 Å². The van der Waals surface area contributed by atoms with Crippen molar-refractivity contribution < 1.29 is 4.79 Å². The van der Waals surface area contributed by atoms with Gasteiger partial charge in [-0.3, -0.25) is 4.79 Å². The van der Waals surface area contributed by atoms with Crippen molar-refractivity contribution in [2.75, 3.05) is 6.54 Å². The van der Waals surface area contributed by atoms with Crippen LogP contribution in [-0.2, 0) is 0 Å². The molecule has 0 aromatic heterocycles. The highest BCUT2D eigenvalue weighted by molar-refractivity contribution is 14.1. The molecule has 0 radical (unpaired) electrons. The van der Waals surface area contributed by atoms with Gasteiger partial charge in [-0.25, -0.2) is 0 Å². The molecule has 3 atom stereocenters. The number of piperidine rings is 1. The minimum absolute atomic E-state index is 0.194. The zero-order valence-corrected chi connectivity index (χ0v) is 14.3. The summed E-state index contributed by atoms with van der Waals surface area (Å²) in [6.45, 7) is 9.61. The molecule has 0 N–H and O–H groups in total. The van der Waals surface area contributed by atoms with Crippen LogP contribution >= 0.6 is 22.6 Å². The summed E-state index contributed by atoms with van der Waals surface area (Å²) in [7, 11) is 0. The van der Waals surface area contributed by atoms with E-state index in [1.54, 1.807) is 0 Å². The molecule has 2 nitrogen and oxygen atoms in total. The first-order valence-corrected chi connectivity index (χ1v) is 8.05. The summed E-state index contributed by atoms with van der Waals surface area (Å²) in [6.07, 6.45) is 1.22. The first-order valence-electron chi connectivity index (χ1n) is 6.98. The van der Waals surface area contributed by atoms with Crippen molar-refractivity contribution in [2.45, 2.75) is 40.2 Å². The first-order chi connectivity index (χ1) is 8.91. The van der Waals surface area contributed by atoms with Crippen LogP contribution in [0, 0.1) is 22.3 Å². The summed E-state index contributed by atoms with van der Waals surface area (Å²) in [4.78, 5) is 14.9. The SMILES string of the molecule is Cc1cccc(C(=O)N2CC(C)CC(C)C2C)c1I. The van der Waals surface area contributed by atoms with Gasteiger partial charge in [0.2, 0.25) is 0 Å². The van der Waals surface area contributed by atoms with Gasteiger partial charge in [-0.15, -0.1) is 0 Å². The van der Waals surface area contributed by atoms with E-state index in [9.17, 15) is 4.79 Å².